The number of halogens is 4. The minimum absolute atomic E-state index is 0.109. The molecule has 0 bridgehead atoms. The van der Waals surface area contributed by atoms with Crippen LogP contribution in [0.15, 0.2) is 24.3 Å². The van der Waals surface area contributed by atoms with Gasteiger partial charge >= 0.3 is 12.5 Å². The van der Waals surface area contributed by atoms with E-state index in [9.17, 15) is 17.6 Å². The van der Waals surface area contributed by atoms with Gasteiger partial charge in [-0.25, -0.2) is 0 Å². The number of rotatable bonds is 7. The van der Waals surface area contributed by atoms with Crippen molar-refractivity contribution < 1.29 is 22.3 Å². The maximum atomic E-state index is 13.2. The van der Waals surface area contributed by atoms with E-state index in [2.05, 4.69) is 11.7 Å². The van der Waals surface area contributed by atoms with Crippen molar-refractivity contribution in [2.45, 2.75) is 70.3 Å². The van der Waals surface area contributed by atoms with Gasteiger partial charge in [0.1, 0.15) is 5.75 Å². The SMILES string of the molecule is CCCCC1CCC(c2ccccc2OC(F)(F)C(F)F)CC1. The highest BCUT2D eigenvalue weighted by molar-refractivity contribution is 5.36. The fourth-order valence-electron chi connectivity index (χ4n) is 3.36. The highest BCUT2D eigenvalue weighted by atomic mass is 19.3. The lowest BCUT2D eigenvalue weighted by Gasteiger charge is -2.30. The molecule has 130 valence electrons. The second-order valence-electron chi connectivity index (χ2n) is 6.36. The van der Waals surface area contributed by atoms with E-state index in [0.717, 1.165) is 25.7 Å². The van der Waals surface area contributed by atoms with Crippen LogP contribution >= 0.6 is 0 Å². The van der Waals surface area contributed by atoms with Gasteiger partial charge in [0.05, 0.1) is 0 Å². The molecule has 5 heteroatoms. The van der Waals surface area contributed by atoms with Crippen molar-refractivity contribution in [3.05, 3.63) is 29.8 Å². The molecule has 2 rings (SSSR count). The van der Waals surface area contributed by atoms with Crippen LogP contribution in [0.25, 0.3) is 0 Å². The summed E-state index contributed by atoms with van der Waals surface area (Å²) in [6, 6.07) is 6.35. The van der Waals surface area contributed by atoms with Gasteiger partial charge in [-0.1, -0.05) is 44.4 Å². The molecule has 1 aromatic rings. The minimum atomic E-state index is -4.45. The molecule has 0 aromatic heterocycles. The zero-order valence-corrected chi connectivity index (χ0v) is 13.4. The van der Waals surface area contributed by atoms with Crippen LogP contribution in [-0.2, 0) is 0 Å². The Bertz CT molecular complexity index is 482. The molecule has 23 heavy (non-hydrogen) atoms. The van der Waals surface area contributed by atoms with E-state index in [-0.39, 0.29) is 11.7 Å². The molecule has 0 saturated heterocycles. The van der Waals surface area contributed by atoms with Gasteiger partial charge in [0.25, 0.3) is 0 Å². The second-order valence-corrected chi connectivity index (χ2v) is 6.36. The maximum absolute atomic E-state index is 13.2. The molecule has 0 spiro atoms. The lowest BCUT2D eigenvalue weighted by molar-refractivity contribution is -0.253. The van der Waals surface area contributed by atoms with E-state index in [0.29, 0.717) is 11.5 Å². The Morgan fingerprint density at radius 2 is 1.78 bits per heavy atom. The third-order valence-corrected chi connectivity index (χ3v) is 4.67. The summed E-state index contributed by atoms with van der Waals surface area (Å²) in [6.45, 7) is 2.17. The van der Waals surface area contributed by atoms with E-state index >= 15 is 0 Å². The Morgan fingerprint density at radius 1 is 1.13 bits per heavy atom. The van der Waals surface area contributed by atoms with E-state index in [1.54, 1.807) is 12.1 Å². The average molecular weight is 332 g/mol. The molecular formula is C18H24F4O. The number of hydrogen-bond acceptors (Lipinski definition) is 1. The van der Waals surface area contributed by atoms with E-state index in [1.807, 2.05) is 0 Å². The summed E-state index contributed by atoms with van der Waals surface area (Å²) in [5.41, 5.74) is 0.627. The van der Waals surface area contributed by atoms with Gasteiger partial charge in [-0.15, -0.1) is 0 Å². The van der Waals surface area contributed by atoms with Gasteiger partial charge in [0, 0.05) is 0 Å². The molecular weight excluding hydrogens is 308 g/mol. The van der Waals surface area contributed by atoms with E-state index < -0.39 is 12.5 Å². The zero-order valence-electron chi connectivity index (χ0n) is 13.4. The standard InChI is InChI=1S/C18H24F4O/c1-2-3-6-13-9-11-14(12-10-13)15-7-4-5-8-16(15)23-18(21,22)17(19)20/h4-5,7-8,13-14,17H,2-3,6,9-12H2,1H3. The number of benzene rings is 1. The maximum Gasteiger partial charge on any atom is 0.461 e. The monoisotopic (exact) mass is 332 g/mol. The van der Waals surface area contributed by atoms with Gasteiger partial charge in [-0.05, 0) is 49.1 Å². The quantitative estimate of drug-likeness (QED) is 0.526. The van der Waals surface area contributed by atoms with Crippen molar-refractivity contribution in [1.82, 2.24) is 0 Å². The van der Waals surface area contributed by atoms with Crippen LogP contribution in [0, 0.1) is 5.92 Å². The van der Waals surface area contributed by atoms with Crippen LogP contribution in [0.5, 0.6) is 5.75 Å². The number of para-hydroxylation sites is 1. The molecule has 1 saturated carbocycles. The normalized spacial score (nSPS) is 22.3. The Morgan fingerprint density at radius 3 is 2.39 bits per heavy atom. The van der Waals surface area contributed by atoms with Gasteiger partial charge < -0.3 is 4.74 Å². The summed E-state index contributed by atoms with van der Waals surface area (Å²) >= 11 is 0. The predicted octanol–water partition coefficient (Wildman–Crippen LogP) is 6.39. The highest BCUT2D eigenvalue weighted by Gasteiger charge is 2.44. The minimum Gasteiger partial charge on any atom is -0.428 e. The number of ether oxygens (including phenoxy) is 1. The van der Waals surface area contributed by atoms with Gasteiger partial charge in [0.2, 0.25) is 0 Å². The Labute approximate surface area is 135 Å². The van der Waals surface area contributed by atoms with E-state index in [4.69, 9.17) is 0 Å². The molecule has 0 heterocycles. The third kappa shape index (κ3) is 4.85. The first-order valence-corrected chi connectivity index (χ1v) is 8.38. The number of hydrogen-bond donors (Lipinski definition) is 0. The first kappa shape index (κ1) is 18.1. The highest BCUT2D eigenvalue weighted by Crippen LogP contribution is 2.42. The molecule has 1 nitrogen and oxygen atoms in total. The predicted molar refractivity (Wildman–Crippen MR) is 82.2 cm³/mol. The second kappa shape index (κ2) is 8.02. The van der Waals surface area contributed by atoms with E-state index in [1.165, 1.54) is 31.4 Å². The molecule has 0 N–H and O–H groups in total. The van der Waals surface area contributed by atoms with Crippen molar-refractivity contribution >= 4 is 0 Å². The fourth-order valence-corrected chi connectivity index (χ4v) is 3.36. The molecule has 1 fully saturated rings. The summed E-state index contributed by atoms with van der Waals surface area (Å²) < 4.78 is 55.5. The first-order valence-electron chi connectivity index (χ1n) is 8.38. The van der Waals surface area contributed by atoms with Crippen molar-refractivity contribution in [3.8, 4) is 5.75 Å². The van der Waals surface area contributed by atoms with Gasteiger partial charge in [-0.2, -0.15) is 17.6 Å². The Balaban J connectivity index is 2.04. The van der Waals surface area contributed by atoms with Crippen LogP contribution in [0.3, 0.4) is 0 Å². The molecule has 1 aromatic carbocycles. The lowest BCUT2D eigenvalue weighted by atomic mass is 9.77. The van der Waals surface area contributed by atoms with Crippen molar-refractivity contribution in [1.29, 1.82) is 0 Å². The molecule has 1 aliphatic carbocycles. The Hall–Kier alpha value is -1.26. The zero-order chi connectivity index (χ0) is 16.9. The van der Waals surface area contributed by atoms with Crippen LogP contribution in [0.1, 0.15) is 63.4 Å². The smallest absolute Gasteiger partial charge is 0.428 e. The summed E-state index contributed by atoms with van der Waals surface area (Å²) in [6.07, 6.45) is -0.757. The lowest BCUT2D eigenvalue weighted by Crippen LogP contribution is -2.34. The topological polar surface area (TPSA) is 9.23 Å². The van der Waals surface area contributed by atoms with Crippen molar-refractivity contribution in [2.75, 3.05) is 0 Å². The van der Waals surface area contributed by atoms with Crippen LogP contribution in [0.2, 0.25) is 0 Å². The summed E-state index contributed by atoms with van der Waals surface area (Å²) in [5, 5.41) is 0. The number of unbranched alkanes of at least 4 members (excludes halogenated alkanes) is 1. The molecule has 1 aliphatic rings. The summed E-state index contributed by atoms with van der Waals surface area (Å²) in [7, 11) is 0. The van der Waals surface area contributed by atoms with Crippen LogP contribution in [-0.4, -0.2) is 12.5 Å². The van der Waals surface area contributed by atoms with Gasteiger partial charge in [0.15, 0.2) is 0 Å². The molecule has 0 atom stereocenters. The summed E-state index contributed by atoms with van der Waals surface area (Å²) in [5.74, 6) is 0.689. The molecule has 0 aliphatic heterocycles. The molecule has 0 amide bonds. The van der Waals surface area contributed by atoms with Crippen LogP contribution in [0.4, 0.5) is 17.6 Å². The van der Waals surface area contributed by atoms with Crippen molar-refractivity contribution in [3.63, 3.8) is 0 Å². The molecule has 0 unspecified atom stereocenters. The van der Waals surface area contributed by atoms with Crippen molar-refractivity contribution in [2.24, 2.45) is 5.92 Å². The first-order chi connectivity index (χ1) is 10.9. The fraction of sp³-hybridized carbons (Fsp3) is 0.667. The summed E-state index contributed by atoms with van der Waals surface area (Å²) in [4.78, 5) is 0. The molecule has 0 radical (unpaired) electrons. The largest absolute Gasteiger partial charge is 0.461 e. The van der Waals surface area contributed by atoms with Gasteiger partial charge in [-0.3, -0.25) is 0 Å². The van der Waals surface area contributed by atoms with Crippen LogP contribution < -0.4 is 4.74 Å². The third-order valence-electron chi connectivity index (χ3n) is 4.67. The number of alkyl halides is 4. The Kier molecular flexibility index (Phi) is 6.31. The average Bonchev–Trinajstić information content (AvgIpc) is 2.53.